The molecular weight excluding hydrogens is 486 g/mol. The van der Waals surface area contributed by atoms with Crippen LogP contribution in [0.15, 0.2) is 43.5 Å². The lowest BCUT2D eigenvalue weighted by Crippen LogP contribution is -2.57. The number of rotatable bonds is 10. The number of aliphatic hydroxyl groups is 1. The van der Waals surface area contributed by atoms with Gasteiger partial charge in [-0.05, 0) is 43.7 Å². The van der Waals surface area contributed by atoms with Crippen molar-refractivity contribution in [2.75, 3.05) is 38.2 Å². The van der Waals surface area contributed by atoms with Crippen LogP contribution >= 0.6 is 11.8 Å². The predicted octanol–water partition coefficient (Wildman–Crippen LogP) is 3.19. The molecule has 3 aliphatic heterocycles. The van der Waals surface area contributed by atoms with Gasteiger partial charge in [0, 0.05) is 44.2 Å². The molecule has 1 N–H and O–H groups in total. The number of fused-ring (bicyclic) bond motifs is 1. The molecule has 4 rings (SSSR count). The summed E-state index contributed by atoms with van der Waals surface area (Å²) in [5.41, 5.74) is 2.79. The average molecular weight is 526 g/mol. The Balaban J connectivity index is 1.83. The smallest absolute Gasteiger partial charge is 0.251 e. The molecule has 3 amide bonds. The van der Waals surface area contributed by atoms with Crippen molar-refractivity contribution in [3.05, 3.63) is 54.6 Å². The van der Waals surface area contributed by atoms with Gasteiger partial charge in [0.25, 0.3) is 5.91 Å². The van der Waals surface area contributed by atoms with Gasteiger partial charge in [-0.25, -0.2) is 0 Å². The molecule has 3 saturated heterocycles. The van der Waals surface area contributed by atoms with Crippen LogP contribution in [-0.2, 0) is 14.4 Å². The van der Waals surface area contributed by atoms with E-state index in [1.165, 1.54) is 0 Å². The number of aliphatic hydroxyl groups excluding tert-OH is 1. The quantitative estimate of drug-likeness (QED) is 0.475. The van der Waals surface area contributed by atoms with Gasteiger partial charge >= 0.3 is 0 Å². The van der Waals surface area contributed by atoms with Crippen molar-refractivity contribution in [2.24, 2.45) is 17.8 Å². The Hall–Kier alpha value is -2.58. The fourth-order valence-electron chi connectivity index (χ4n) is 6.90. The van der Waals surface area contributed by atoms with Crippen molar-refractivity contribution in [2.45, 2.75) is 49.7 Å². The van der Waals surface area contributed by atoms with Gasteiger partial charge in [-0.15, -0.1) is 24.9 Å². The Labute approximate surface area is 224 Å². The van der Waals surface area contributed by atoms with Crippen LogP contribution in [0.4, 0.5) is 5.69 Å². The standard InChI is InChI=1S/C29H39N3O4S/c1-7-13-30(6)26(34)22-21-17-20(5)29(37-21)23(22)27(35)32(15-10-16-33)25(29)28(36)31(14-8-2)24-18(3)11-9-12-19(24)4/h7-9,11-12,20-23,25,33H,1-2,10,13-17H2,3-6H3/t20?,21-,22+,23+,25?,29?/m1/s1. The van der Waals surface area contributed by atoms with Gasteiger partial charge in [0.1, 0.15) is 6.04 Å². The van der Waals surface area contributed by atoms with Gasteiger partial charge in [-0.2, -0.15) is 0 Å². The Morgan fingerprint density at radius 2 is 1.84 bits per heavy atom. The number of likely N-dealkylation sites (tertiary alicyclic amines) is 1. The third kappa shape index (κ3) is 4.22. The van der Waals surface area contributed by atoms with Crippen LogP contribution < -0.4 is 4.90 Å². The van der Waals surface area contributed by atoms with E-state index in [2.05, 4.69) is 20.1 Å². The molecule has 0 radical (unpaired) electrons. The number of thioether (sulfide) groups is 1. The van der Waals surface area contributed by atoms with Gasteiger partial charge in [0.05, 0.1) is 16.6 Å². The van der Waals surface area contributed by atoms with Gasteiger partial charge in [0.15, 0.2) is 0 Å². The van der Waals surface area contributed by atoms with Crippen molar-refractivity contribution in [1.29, 1.82) is 0 Å². The topological polar surface area (TPSA) is 81.2 Å². The first kappa shape index (κ1) is 27.5. The van der Waals surface area contributed by atoms with E-state index in [-0.39, 0.29) is 42.0 Å². The number of aryl methyl sites for hydroxylation is 2. The van der Waals surface area contributed by atoms with Gasteiger partial charge < -0.3 is 19.8 Å². The minimum Gasteiger partial charge on any atom is -0.396 e. The lowest BCUT2D eigenvalue weighted by Gasteiger charge is -2.41. The summed E-state index contributed by atoms with van der Waals surface area (Å²) in [5, 5.41) is 9.61. The molecule has 1 aromatic rings. The average Bonchev–Trinajstić information content (AvgIpc) is 3.45. The van der Waals surface area contributed by atoms with E-state index in [1.54, 1.807) is 45.7 Å². The summed E-state index contributed by atoms with van der Waals surface area (Å²) in [4.78, 5) is 47.5. The zero-order valence-electron chi connectivity index (χ0n) is 22.4. The maximum atomic E-state index is 14.6. The molecule has 3 unspecified atom stereocenters. The molecular formula is C29H39N3O4S. The fourth-order valence-corrected chi connectivity index (χ4v) is 9.31. The predicted molar refractivity (Wildman–Crippen MR) is 148 cm³/mol. The first-order valence-corrected chi connectivity index (χ1v) is 14.0. The number of anilines is 1. The molecule has 7 nitrogen and oxygen atoms in total. The van der Waals surface area contributed by atoms with Crippen molar-refractivity contribution in [3.8, 4) is 0 Å². The lowest BCUT2D eigenvalue weighted by molar-refractivity contribution is -0.143. The molecule has 3 heterocycles. The van der Waals surface area contributed by atoms with Crippen molar-refractivity contribution in [3.63, 3.8) is 0 Å². The Morgan fingerprint density at radius 3 is 2.43 bits per heavy atom. The second-order valence-electron chi connectivity index (χ2n) is 10.6. The number of hydrogen-bond acceptors (Lipinski definition) is 5. The van der Waals surface area contributed by atoms with Crippen LogP contribution in [0.1, 0.15) is 30.9 Å². The van der Waals surface area contributed by atoms with Crippen LogP contribution in [-0.4, -0.2) is 82.0 Å². The fraction of sp³-hybridized carbons (Fsp3) is 0.552. The molecule has 37 heavy (non-hydrogen) atoms. The number of benzene rings is 1. The lowest BCUT2D eigenvalue weighted by atomic mass is 9.65. The van der Waals surface area contributed by atoms with E-state index in [1.807, 2.05) is 32.0 Å². The van der Waals surface area contributed by atoms with E-state index in [0.29, 0.717) is 19.5 Å². The van der Waals surface area contributed by atoms with Crippen LogP contribution in [0, 0.1) is 31.6 Å². The maximum Gasteiger partial charge on any atom is 0.251 e. The minimum atomic E-state index is -0.719. The van der Waals surface area contributed by atoms with Crippen LogP contribution in [0.2, 0.25) is 0 Å². The number of amides is 3. The molecule has 200 valence electrons. The highest BCUT2D eigenvalue weighted by molar-refractivity contribution is 8.02. The molecule has 1 aromatic carbocycles. The van der Waals surface area contributed by atoms with Crippen LogP contribution in [0.25, 0.3) is 0 Å². The summed E-state index contributed by atoms with van der Waals surface area (Å²) in [6.07, 6.45) is 4.56. The molecule has 1 spiro atoms. The summed E-state index contributed by atoms with van der Waals surface area (Å²) in [6, 6.07) is 5.22. The Kier molecular flexibility index (Phi) is 7.91. The molecule has 3 aliphatic rings. The molecule has 0 aromatic heterocycles. The van der Waals surface area contributed by atoms with Crippen molar-refractivity contribution in [1.82, 2.24) is 9.80 Å². The SMILES string of the molecule is C=CCN(C)C(=O)[C@@H]1[C@H]2C(=O)N(CCCO)C(C(=O)N(CC=C)c3c(C)cccc3C)C23S[C@@H]1CC3C. The first-order chi connectivity index (χ1) is 17.6. The van der Waals surface area contributed by atoms with Crippen LogP contribution in [0.3, 0.4) is 0 Å². The molecule has 8 heteroatoms. The Morgan fingerprint density at radius 1 is 1.19 bits per heavy atom. The largest absolute Gasteiger partial charge is 0.396 e. The van der Waals surface area contributed by atoms with E-state index in [0.717, 1.165) is 23.2 Å². The highest BCUT2D eigenvalue weighted by atomic mass is 32.2. The molecule has 0 saturated carbocycles. The van der Waals surface area contributed by atoms with E-state index >= 15 is 0 Å². The van der Waals surface area contributed by atoms with Crippen molar-refractivity contribution >= 4 is 35.2 Å². The molecule has 6 atom stereocenters. The summed E-state index contributed by atoms with van der Waals surface area (Å²) in [6.45, 7) is 14.7. The van der Waals surface area contributed by atoms with Gasteiger partial charge in [0.2, 0.25) is 11.8 Å². The normalized spacial score (nSPS) is 29.8. The second-order valence-corrected chi connectivity index (χ2v) is 12.2. The number of hydrogen-bond donors (Lipinski definition) is 1. The maximum absolute atomic E-state index is 14.6. The van der Waals surface area contributed by atoms with Gasteiger partial charge in [-0.1, -0.05) is 37.3 Å². The Bertz CT molecular complexity index is 1090. The van der Waals surface area contributed by atoms with Crippen LogP contribution in [0.5, 0.6) is 0 Å². The van der Waals surface area contributed by atoms with E-state index in [4.69, 9.17) is 0 Å². The highest BCUT2D eigenvalue weighted by Crippen LogP contribution is 2.69. The summed E-state index contributed by atoms with van der Waals surface area (Å²) >= 11 is 1.67. The van der Waals surface area contributed by atoms with Gasteiger partial charge in [-0.3, -0.25) is 14.4 Å². The first-order valence-electron chi connectivity index (χ1n) is 13.1. The summed E-state index contributed by atoms with van der Waals surface area (Å²) in [5.74, 6) is -1.29. The molecule has 0 aliphatic carbocycles. The number of likely N-dealkylation sites (N-methyl/N-ethyl adjacent to an activating group) is 1. The van der Waals surface area contributed by atoms with Crippen molar-refractivity contribution < 1.29 is 19.5 Å². The second kappa shape index (κ2) is 10.7. The third-order valence-electron chi connectivity index (χ3n) is 8.39. The minimum absolute atomic E-state index is 0.00735. The van der Waals surface area contributed by atoms with E-state index in [9.17, 15) is 19.5 Å². The number of carbonyl (C=O) groups excluding carboxylic acids is 3. The number of carbonyl (C=O) groups is 3. The number of nitrogens with zero attached hydrogens (tertiary/aromatic N) is 3. The highest BCUT2D eigenvalue weighted by Gasteiger charge is 2.76. The molecule has 3 fully saturated rings. The van der Waals surface area contributed by atoms with E-state index < -0.39 is 22.6 Å². The summed E-state index contributed by atoms with van der Waals surface area (Å²) < 4.78 is -0.695. The zero-order chi connectivity index (χ0) is 27.1. The number of para-hydroxylation sites is 1. The molecule has 2 bridgehead atoms. The third-order valence-corrected chi connectivity index (χ3v) is 10.5. The zero-order valence-corrected chi connectivity index (χ0v) is 23.2. The summed E-state index contributed by atoms with van der Waals surface area (Å²) in [7, 11) is 1.75. The monoisotopic (exact) mass is 525 g/mol.